The number of aliphatic hydroxyl groups excluding tert-OH is 2. The summed E-state index contributed by atoms with van der Waals surface area (Å²) in [7, 11) is 0. The summed E-state index contributed by atoms with van der Waals surface area (Å²) in [6.45, 7) is 1.81. The van der Waals surface area contributed by atoms with Gasteiger partial charge in [-0.05, 0) is 30.2 Å². The fraction of sp³-hybridized carbons (Fsp3) is 0.409. The number of anilines is 1. The van der Waals surface area contributed by atoms with Crippen molar-refractivity contribution in [1.82, 2.24) is 20.1 Å². The van der Waals surface area contributed by atoms with Gasteiger partial charge in [-0.2, -0.15) is 0 Å². The fourth-order valence-electron chi connectivity index (χ4n) is 3.87. The molecule has 1 unspecified atom stereocenters. The molecule has 3 heterocycles. The lowest BCUT2D eigenvalue weighted by Crippen LogP contribution is -2.53. The van der Waals surface area contributed by atoms with Crippen LogP contribution in [0.4, 0.5) is 5.69 Å². The van der Waals surface area contributed by atoms with Crippen molar-refractivity contribution in [2.45, 2.75) is 18.6 Å². The predicted octanol–water partition coefficient (Wildman–Crippen LogP) is 0.562. The Morgan fingerprint density at radius 1 is 1.21 bits per heavy atom. The standard InChI is InChI=1S/C22H27ClN6O4/c23-15-3-1-14(2-4-15)11-17(24)22(32)29-9-7-28(8-10-29)18-5-6-25-20-19(18)21(27-26-20)33-13-16(31)12-30/h1-6,16-17,30-31H,7-13,24H2,(H,25,26,27)/t16?,17-/m1/s1. The van der Waals surface area contributed by atoms with Crippen LogP contribution in [-0.2, 0) is 11.2 Å². The summed E-state index contributed by atoms with van der Waals surface area (Å²) in [5.74, 6) is 0.235. The molecule has 2 aromatic heterocycles. The Balaban J connectivity index is 1.40. The third-order valence-corrected chi connectivity index (χ3v) is 5.90. The van der Waals surface area contributed by atoms with E-state index < -0.39 is 18.8 Å². The van der Waals surface area contributed by atoms with Gasteiger partial charge < -0.3 is 30.5 Å². The van der Waals surface area contributed by atoms with Crippen molar-refractivity contribution in [3.05, 3.63) is 47.1 Å². The molecular formula is C22H27ClN6O4. The lowest BCUT2D eigenvalue weighted by molar-refractivity contribution is -0.132. The van der Waals surface area contributed by atoms with Crippen LogP contribution in [0.5, 0.6) is 5.88 Å². The van der Waals surface area contributed by atoms with E-state index in [1.54, 1.807) is 23.2 Å². The van der Waals surface area contributed by atoms with Crippen LogP contribution in [0.25, 0.3) is 11.0 Å². The van der Waals surface area contributed by atoms with Crippen LogP contribution < -0.4 is 15.4 Å². The second-order valence-electron chi connectivity index (χ2n) is 7.98. The fourth-order valence-corrected chi connectivity index (χ4v) is 3.99. The van der Waals surface area contributed by atoms with Gasteiger partial charge in [-0.3, -0.25) is 9.89 Å². The molecule has 1 amide bonds. The Morgan fingerprint density at radius 2 is 1.94 bits per heavy atom. The van der Waals surface area contributed by atoms with Gasteiger partial charge in [0.1, 0.15) is 18.1 Å². The monoisotopic (exact) mass is 474 g/mol. The van der Waals surface area contributed by atoms with E-state index in [1.165, 1.54) is 0 Å². The Hall–Kier alpha value is -2.92. The molecule has 1 saturated heterocycles. The molecule has 0 saturated carbocycles. The van der Waals surface area contributed by atoms with Crippen molar-refractivity contribution < 1.29 is 19.7 Å². The van der Waals surface area contributed by atoms with Gasteiger partial charge in [0.2, 0.25) is 11.8 Å². The molecule has 33 heavy (non-hydrogen) atoms. The summed E-state index contributed by atoms with van der Waals surface area (Å²) in [6.07, 6.45) is 1.14. The van der Waals surface area contributed by atoms with Crippen molar-refractivity contribution in [3.63, 3.8) is 0 Å². The van der Waals surface area contributed by atoms with Gasteiger partial charge in [0.25, 0.3) is 0 Å². The summed E-state index contributed by atoms with van der Waals surface area (Å²) >= 11 is 5.92. The minimum Gasteiger partial charge on any atom is -0.473 e. The molecule has 0 radical (unpaired) electrons. The molecule has 11 heteroatoms. The number of H-pyrrole nitrogens is 1. The largest absolute Gasteiger partial charge is 0.473 e. The van der Waals surface area contributed by atoms with E-state index in [-0.39, 0.29) is 12.5 Å². The number of pyridine rings is 1. The van der Waals surface area contributed by atoms with Crippen LogP contribution >= 0.6 is 11.6 Å². The molecular weight excluding hydrogens is 448 g/mol. The number of aromatic amines is 1. The van der Waals surface area contributed by atoms with Gasteiger partial charge in [-0.15, -0.1) is 5.10 Å². The van der Waals surface area contributed by atoms with Gasteiger partial charge in [0, 0.05) is 37.4 Å². The first-order valence-corrected chi connectivity index (χ1v) is 11.1. The van der Waals surface area contributed by atoms with E-state index in [4.69, 9.17) is 27.2 Å². The number of hydrogen-bond donors (Lipinski definition) is 4. The summed E-state index contributed by atoms with van der Waals surface area (Å²) in [4.78, 5) is 21.1. The maximum Gasteiger partial charge on any atom is 0.244 e. The Labute approximate surface area is 195 Å². The number of amides is 1. The molecule has 176 valence electrons. The summed E-state index contributed by atoms with van der Waals surface area (Å²) in [5, 5.41) is 26.9. The highest BCUT2D eigenvalue weighted by Gasteiger charge is 2.27. The smallest absolute Gasteiger partial charge is 0.244 e. The van der Waals surface area contributed by atoms with E-state index in [1.807, 2.05) is 18.2 Å². The molecule has 5 N–H and O–H groups in total. The lowest BCUT2D eigenvalue weighted by atomic mass is 10.1. The van der Waals surface area contributed by atoms with Crippen LogP contribution in [0, 0.1) is 0 Å². The summed E-state index contributed by atoms with van der Waals surface area (Å²) < 4.78 is 5.59. The third-order valence-electron chi connectivity index (χ3n) is 5.65. The van der Waals surface area contributed by atoms with Gasteiger partial charge in [-0.1, -0.05) is 23.7 Å². The van der Waals surface area contributed by atoms with Crippen LogP contribution in [-0.4, -0.2) is 87.7 Å². The minimum atomic E-state index is -0.997. The van der Waals surface area contributed by atoms with Crippen LogP contribution in [0.1, 0.15) is 5.56 Å². The third kappa shape index (κ3) is 5.36. The number of nitrogens with one attached hydrogen (secondary N) is 1. The topological polar surface area (TPSA) is 141 Å². The number of halogens is 1. The van der Waals surface area contributed by atoms with E-state index >= 15 is 0 Å². The van der Waals surface area contributed by atoms with Crippen molar-refractivity contribution in [3.8, 4) is 5.88 Å². The number of ether oxygens (including phenoxy) is 1. The van der Waals surface area contributed by atoms with Gasteiger partial charge in [0.05, 0.1) is 18.3 Å². The number of rotatable bonds is 8. The highest BCUT2D eigenvalue weighted by molar-refractivity contribution is 6.30. The van der Waals surface area contributed by atoms with Crippen molar-refractivity contribution in [2.24, 2.45) is 5.73 Å². The number of carbonyl (C=O) groups is 1. The van der Waals surface area contributed by atoms with Crippen LogP contribution in [0.2, 0.25) is 5.02 Å². The number of fused-ring (bicyclic) bond motifs is 1. The van der Waals surface area contributed by atoms with E-state index in [0.717, 1.165) is 11.3 Å². The molecule has 1 aliphatic rings. The van der Waals surface area contributed by atoms with Crippen molar-refractivity contribution in [2.75, 3.05) is 44.3 Å². The lowest BCUT2D eigenvalue weighted by Gasteiger charge is -2.37. The second kappa shape index (κ2) is 10.3. The molecule has 4 rings (SSSR count). The first-order valence-electron chi connectivity index (χ1n) is 10.7. The molecule has 3 aromatic rings. The zero-order chi connectivity index (χ0) is 23.4. The van der Waals surface area contributed by atoms with Crippen molar-refractivity contribution in [1.29, 1.82) is 0 Å². The number of piperazine rings is 1. The molecule has 0 aliphatic carbocycles. The zero-order valence-corrected chi connectivity index (χ0v) is 18.8. The van der Waals surface area contributed by atoms with E-state index in [2.05, 4.69) is 20.1 Å². The van der Waals surface area contributed by atoms with E-state index in [9.17, 15) is 9.90 Å². The van der Waals surface area contributed by atoms with E-state index in [0.29, 0.717) is 54.5 Å². The molecule has 1 aliphatic heterocycles. The molecule has 10 nitrogen and oxygen atoms in total. The number of benzene rings is 1. The molecule has 0 spiro atoms. The van der Waals surface area contributed by atoms with Gasteiger partial charge in [0.15, 0.2) is 5.65 Å². The number of carbonyl (C=O) groups excluding carboxylic acids is 1. The number of aromatic nitrogens is 3. The van der Waals surface area contributed by atoms with Crippen LogP contribution in [0.3, 0.4) is 0 Å². The Morgan fingerprint density at radius 3 is 2.64 bits per heavy atom. The Bertz CT molecular complexity index is 1080. The zero-order valence-electron chi connectivity index (χ0n) is 18.0. The maximum atomic E-state index is 12.9. The summed E-state index contributed by atoms with van der Waals surface area (Å²) in [5.41, 5.74) is 8.60. The average Bonchev–Trinajstić information content (AvgIpc) is 3.27. The predicted molar refractivity (Wildman–Crippen MR) is 124 cm³/mol. The second-order valence-corrected chi connectivity index (χ2v) is 8.42. The quantitative estimate of drug-likeness (QED) is 0.371. The minimum absolute atomic E-state index is 0.0743. The maximum absolute atomic E-state index is 12.9. The first-order chi connectivity index (χ1) is 16.0. The molecule has 2 atom stereocenters. The number of aliphatic hydroxyl groups is 2. The highest BCUT2D eigenvalue weighted by atomic mass is 35.5. The first kappa shape index (κ1) is 23.2. The molecule has 1 fully saturated rings. The normalized spacial score (nSPS) is 16.1. The Kier molecular flexibility index (Phi) is 7.29. The molecule has 0 bridgehead atoms. The van der Waals surface area contributed by atoms with Gasteiger partial charge in [-0.25, -0.2) is 4.98 Å². The summed E-state index contributed by atoms with van der Waals surface area (Å²) in [6, 6.07) is 8.61. The molecule has 1 aromatic carbocycles. The van der Waals surface area contributed by atoms with Gasteiger partial charge >= 0.3 is 0 Å². The number of hydrogen-bond acceptors (Lipinski definition) is 8. The van der Waals surface area contributed by atoms with Crippen molar-refractivity contribution >= 4 is 34.2 Å². The SMILES string of the molecule is N[C@H](Cc1ccc(Cl)cc1)C(=O)N1CCN(c2ccnc3[nH]nc(OCC(O)CO)c23)CC1. The highest BCUT2D eigenvalue weighted by Crippen LogP contribution is 2.32. The number of nitrogens with two attached hydrogens (primary N) is 1. The van der Waals surface area contributed by atoms with Crippen LogP contribution in [0.15, 0.2) is 36.5 Å². The average molecular weight is 475 g/mol. The number of nitrogens with zero attached hydrogens (tertiary/aromatic N) is 4.